The van der Waals surface area contributed by atoms with Gasteiger partial charge in [-0.3, -0.25) is 0 Å². The molecule has 2 saturated carbocycles. The number of hydrogen-bond donors (Lipinski definition) is 1. The lowest BCUT2D eigenvalue weighted by molar-refractivity contribution is 0.188. The van der Waals surface area contributed by atoms with Crippen LogP contribution in [0.4, 0.5) is 0 Å². The highest BCUT2D eigenvalue weighted by atomic mass is 35.5. The molecule has 2 aliphatic carbocycles. The van der Waals surface area contributed by atoms with E-state index in [0.29, 0.717) is 6.04 Å². The van der Waals surface area contributed by atoms with Crippen LogP contribution in [0.3, 0.4) is 0 Å². The van der Waals surface area contributed by atoms with E-state index in [9.17, 15) is 0 Å². The van der Waals surface area contributed by atoms with Crippen molar-refractivity contribution in [3.8, 4) is 0 Å². The third kappa shape index (κ3) is 2.57. The van der Waals surface area contributed by atoms with Gasteiger partial charge in [0.2, 0.25) is 0 Å². The molecule has 1 N–H and O–H groups in total. The Bertz CT molecular complexity index is 407. The van der Waals surface area contributed by atoms with Gasteiger partial charge in [-0.25, -0.2) is 0 Å². The number of rotatable bonds is 4. The van der Waals surface area contributed by atoms with Crippen molar-refractivity contribution < 1.29 is 0 Å². The second kappa shape index (κ2) is 5.22. The molecule has 0 aromatic heterocycles. The maximum atomic E-state index is 6.04. The highest BCUT2D eigenvalue weighted by Gasteiger charge is 2.33. The molecule has 0 aliphatic heterocycles. The Balaban J connectivity index is 1.48. The van der Waals surface area contributed by atoms with Gasteiger partial charge >= 0.3 is 0 Å². The fourth-order valence-corrected chi connectivity index (χ4v) is 3.43. The SMILES string of the molecule is CC(NC1CC(c2cccc(Cl)c2)C1)C1CCC1. The summed E-state index contributed by atoms with van der Waals surface area (Å²) in [5, 5.41) is 4.67. The second-order valence-corrected chi connectivity index (χ2v) is 6.50. The zero-order valence-corrected chi connectivity index (χ0v) is 11.8. The van der Waals surface area contributed by atoms with E-state index in [0.717, 1.165) is 22.9 Å². The van der Waals surface area contributed by atoms with Gasteiger partial charge in [0.15, 0.2) is 0 Å². The van der Waals surface area contributed by atoms with Gasteiger partial charge in [-0.05, 0) is 62.1 Å². The molecular weight excluding hydrogens is 242 g/mol. The van der Waals surface area contributed by atoms with Crippen molar-refractivity contribution in [2.45, 2.75) is 57.0 Å². The minimum Gasteiger partial charge on any atom is -0.311 e. The van der Waals surface area contributed by atoms with Crippen LogP contribution in [0, 0.1) is 5.92 Å². The van der Waals surface area contributed by atoms with E-state index in [1.807, 2.05) is 6.07 Å². The van der Waals surface area contributed by atoms with Crippen LogP contribution in [-0.4, -0.2) is 12.1 Å². The average molecular weight is 264 g/mol. The van der Waals surface area contributed by atoms with Crippen LogP contribution < -0.4 is 5.32 Å². The molecule has 2 fully saturated rings. The summed E-state index contributed by atoms with van der Waals surface area (Å²) in [5.74, 6) is 1.66. The summed E-state index contributed by atoms with van der Waals surface area (Å²) in [6.07, 6.45) is 6.85. The molecule has 0 spiro atoms. The van der Waals surface area contributed by atoms with Gasteiger partial charge in [-0.2, -0.15) is 0 Å². The molecule has 2 aliphatic rings. The molecule has 0 bridgehead atoms. The summed E-state index contributed by atoms with van der Waals surface area (Å²) in [4.78, 5) is 0. The summed E-state index contributed by atoms with van der Waals surface area (Å²) in [6, 6.07) is 9.79. The van der Waals surface area contributed by atoms with Crippen LogP contribution in [0.1, 0.15) is 50.5 Å². The first kappa shape index (κ1) is 12.5. The first-order valence-corrected chi connectivity index (χ1v) is 7.61. The van der Waals surface area contributed by atoms with Crippen molar-refractivity contribution in [1.29, 1.82) is 0 Å². The van der Waals surface area contributed by atoms with Crippen LogP contribution in [-0.2, 0) is 0 Å². The first-order chi connectivity index (χ1) is 8.72. The minimum absolute atomic E-state index is 0.712. The highest BCUT2D eigenvalue weighted by Crippen LogP contribution is 2.39. The van der Waals surface area contributed by atoms with Crippen molar-refractivity contribution in [2.24, 2.45) is 5.92 Å². The van der Waals surface area contributed by atoms with Crippen LogP contribution in [0.25, 0.3) is 0 Å². The van der Waals surface area contributed by atoms with Crippen molar-refractivity contribution in [2.75, 3.05) is 0 Å². The molecule has 1 aromatic rings. The van der Waals surface area contributed by atoms with Crippen molar-refractivity contribution in [3.05, 3.63) is 34.9 Å². The lowest BCUT2D eigenvalue weighted by atomic mass is 9.74. The number of benzene rings is 1. The summed E-state index contributed by atoms with van der Waals surface area (Å²) < 4.78 is 0. The normalized spacial score (nSPS) is 29.4. The van der Waals surface area contributed by atoms with Crippen molar-refractivity contribution in [1.82, 2.24) is 5.32 Å². The summed E-state index contributed by atoms with van der Waals surface area (Å²) in [6.45, 7) is 2.36. The van der Waals surface area contributed by atoms with Crippen LogP contribution >= 0.6 is 11.6 Å². The fourth-order valence-electron chi connectivity index (χ4n) is 3.23. The molecule has 0 amide bonds. The van der Waals surface area contributed by atoms with E-state index >= 15 is 0 Å². The molecule has 2 heteroatoms. The van der Waals surface area contributed by atoms with Crippen LogP contribution in [0.2, 0.25) is 5.02 Å². The standard InChI is InChI=1S/C16H22ClN/c1-11(12-4-2-5-12)18-16-9-14(10-16)13-6-3-7-15(17)8-13/h3,6-8,11-12,14,16,18H,2,4-5,9-10H2,1H3. The summed E-state index contributed by atoms with van der Waals surface area (Å²) in [5.41, 5.74) is 1.41. The van der Waals surface area contributed by atoms with E-state index in [1.54, 1.807) is 0 Å². The monoisotopic (exact) mass is 263 g/mol. The largest absolute Gasteiger partial charge is 0.311 e. The molecule has 1 unspecified atom stereocenters. The summed E-state index contributed by atoms with van der Waals surface area (Å²) in [7, 11) is 0. The molecule has 1 atom stereocenters. The van der Waals surface area contributed by atoms with Crippen molar-refractivity contribution >= 4 is 11.6 Å². The van der Waals surface area contributed by atoms with Gasteiger partial charge < -0.3 is 5.32 Å². The zero-order valence-electron chi connectivity index (χ0n) is 11.0. The Morgan fingerprint density at radius 1 is 1.28 bits per heavy atom. The van der Waals surface area contributed by atoms with E-state index in [4.69, 9.17) is 11.6 Å². The zero-order chi connectivity index (χ0) is 12.5. The van der Waals surface area contributed by atoms with E-state index in [-0.39, 0.29) is 0 Å². The minimum atomic E-state index is 0.712. The van der Waals surface area contributed by atoms with Crippen LogP contribution in [0.15, 0.2) is 24.3 Å². The molecule has 0 radical (unpaired) electrons. The number of nitrogens with one attached hydrogen (secondary N) is 1. The van der Waals surface area contributed by atoms with Crippen molar-refractivity contribution in [3.63, 3.8) is 0 Å². The van der Waals surface area contributed by atoms with Gasteiger partial charge in [0.05, 0.1) is 0 Å². The Kier molecular flexibility index (Phi) is 3.63. The lowest BCUT2D eigenvalue weighted by Gasteiger charge is -2.41. The predicted octanol–water partition coefficient (Wildman–Crippen LogP) is 4.36. The number of halogens is 1. The van der Waals surface area contributed by atoms with E-state index in [1.165, 1.54) is 37.7 Å². The van der Waals surface area contributed by atoms with E-state index < -0.39 is 0 Å². The van der Waals surface area contributed by atoms with Gasteiger partial charge in [0.25, 0.3) is 0 Å². The number of hydrogen-bond acceptors (Lipinski definition) is 1. The van der Waals surface area contributed by atoms with Gasteiger partial charge in [-0.1, -0.05) is 30.2 Å². The third-order valence-electron chi connectivity index (χ3n) is 4.81. The Morgan fingerprint density at radius 2 is 2.06 bits per heavy atom. The third-order valence-corrected chi connectivity index (χ3v) is 5.05. The Morgan fingerprint density at radius 3 is 2.67 bits per heavy atom. The van der Waals surface area contributed by atoms with Gasteiger partial charge in [0, 0.05) is 17.1 Å². The average Bonchev–Trinajstić information content (AvgIpc) is 2.20. The highest BCUT2D eigenvalue weighted by molar-refractivity contribution is 6.30. The molecule has 0 saturated heterocycles. The molecule has 3 rings (SSSR count). The predicted molar refractivity (Wildman–Crippen MR) is 77.2 cm³/mol. The molecule has 0 heterocycles. The molecule has 1 nitrogen and oxygen atoms in total. The topological polar surface area (TPSA) is 12.0 Å². The van der Waals surface area contributed by atoms with Crippen LogP contribution in [0.5, 0.6) is 0 Å². The fraction of sp³-hybridized carbons (Fsp3) is 0.625. The smallest absolute Gasteiger partial charge is 0.0408 e. The van der Waals surface area contributed by atoms with E-state index in [2.05, 4.69) is 30.4 Å². The van der Waals surface area contributed by atoms with Gasteiger partial charge in [-0.15, -0.1) is 0 Å². The molecule has 1 aromatic carbocycles. The maximum Gasteiger partial charge on any atom is 0.0408 e. The Hall–Kier alpha value is -0.530. The first-order valence-electron chi connectivity index (χ1n) is 7.24. The lowest BCUT2D eigenvalue weighted by Crippen LogP contribution is -2.48. The Labute approximate surface area is 115 Å². The van der Waals surface area contributed by atoms with Gasteiger partial charge in [0.1, 0.15) is 0 Å². The quantitative estimate of drug-likeness (QED) is 0.851. The molecule has 98 valence electrons. The maximum absolute atomic E-state index is 6.04. The molecule has 18 heavy (non-hydrogen) atoms. The second-order valence-electron chi connectivity index (χ2n) is 6.07. The summed E-state index contributed by atoms with van der Waals surface area (Å²) >= 11 is 6.04. The molecular formula is C16H22ClN.